The Balaban J connectivity index is 2.44. The van der Waals surface area contributed by atoms with Crippen molar-refractivity contribution in [2.45, 2.75) is 6.10 Å². The van der Waals surface area contributed by atoms with Gasteiger partial charge in [0.1, 0.15) is 6.10 Å². The van der Waals surface area contributed by atoms with Crippen LogP contribution in [0.1, 0.15) is 27.6 Å². The molecule has 3 N–H and O–H groups in total. The van der Waals surface area contributed by atoms with Gasteiger partial charge < -0.3 is 10.8 Å². The lowest BCUT2D eigenvalue weighted by molar-refractivity contribution is 0.0995. The van der Waals surface area contributed by atoms with Crippen molar-refractivity contribution < 1.29 is 9.90 Å². The van der Waals surface area contributed by atoms with Crippen LogP contribution >= 0.6 is 0 Å². The highest BCUT2D eigenvalue weighted by molar-refractivity contribution is 5.94. The highest BCUT2D eigenvalue weighted by Crippen LogP contribution is 2.23. The summed E-state index contributed by atoms with van der Waals surface area (Å²) >= 11 is 0. The molecule has 2 aromatic heterocycles. The van der Waals surface area contributed by atoms with Crippen LogP contribution in [0.4, 0.5) is 0 Å². The molecule has 86 valence electrons. The Morgan fingerprint density at radius 2 is 1.82 bits per heavy atom. The van der Waals surface area contributed by atoms with E-state index in [-0.39, 0.29) is 5.56 Å². The van der Waals surface area contributed by atoms with Crippen molar-refractivity contribution in [3.05, 3.63) is 59.7 Å². The molecule has 0 aromatic carbocycles. The molecule has 0 aliphatic rings. The molecular formula is C12H11N3O2. The molecule has 0 aliphatic heterocycles. The molecule has 0 fully saturated rings. The van der Waals surface area contributed by atoms with Gasteiger partial charge in [-0.2, -0.15) is 0 Å². The number of rotatable bonds is 3. The molecule has 2 rings (SSSR count). The molecular weight excluding hydrogens is 218 g/mol. The van der Waals surface area contributed by atoms with Crippen LogP contribution in [0.3, 0.4) is 0 Å². The number of aliphatic hydroxyl groups is 1. The third kappa shape index (κ3) is 2.29. The first-order valence-corrected chi connectivity index (χ1v) is 5.02. The number of nitrogens with two attached hydrogens (primary N) is 1. The summed E-state index contributed by atoms with van der Waals surface area (Å²) in [7, 11) is 0. The second-order valence-corrected chi connectivity index (χ2v) is 3.51. The van der Waals surface area contributed by atoms with E-state index < -0.39 is 12.0 Å². The molecule has 0 spiro atoms. The van der Waals surface area contributed by atoms with Crippen LogP contribution in [0.15, 0.2) is 43.0 Å². The number of amides is 1. The minimum absolute atomic E-state index is 0.219. The molecule has 1 amide bonds. The first kappa shape index (κ1) is 11.2. The van der Waals surface area contributed by atoms with Crippen LogP contribution in [0.25, 0.3) is 0 Å². The maximum Gasteiger partial charge on any atom is 0.250 e. The van der Waals surface area contributed by atoms with Gasteiger partial charge in [-0.15, -0.1) is 0 Å². The monoisotopic (exact) mass is 229 g/mol. The van der Waals surface area contributed by atoms with E-state index >= 15 is 0 Å². The summed E-state index contributed by atoms with van der Waals surface area (Å²) in [5.74, 6) is -0.610. The summed E-state index contributed by atoms with van der Waals surface area (Å²) in [5, 5.41) is 10.2. The number of primary amides is 1. The Hall–Kier alpha value is -2.27. The minimum Gasteiger partial charge on any atom is -0.384 e. The Labute approximate surface area is 98.0 Å². The lowest BCUT2D eigenvalue weighted by Gasteiger charge is -2.13. The molecule has 5 heteroatoms. The van der Waals surface area contributed by atoms with E-state index in [0.717, 1.165) is 0 Å². The normalized spacial score (nSPS) is 12.1. The molecule has 17 heavy (non-hydrogen) atoms. The predicted molar refractivity (Wildman–Crippen MR) is 61.1 cm³/mol. The fraction of sp³-hybridized carbons (Fsp3) is 0.0833. The number of hydrogen-bond acceptors (Lipinski definition) is 4. The molecule has 5 nitrogen and oxygen atoms in total. The first-order chi connectivity index (χ1) is 8.20. The van der Waals surface area contributed by atoms with Gasteiger partial charge in [-0.1, -0.05) is 0 Å². The molecule has 0 bridgehead atoms. The van der Waals surface area contributed by atoms with E-state index in [0.29, 0.717) is 11.1 Å². The van der Waals surface area contributed by atoms with Gasteiger partial charge in [0.15, 0.2) is 0 Å². The highest BCUT2D eigenvalue weighted by atomic mass is 16.3. The van der Waals surface area contributed by atoms with Gasteiger partial charge in [0.2, 0.25) is 0 Å². The summed E-state index contributed by atoms with van der Waals surface area (Å²) in [6.45, 7) is 0. The Morgan fingerprint density at radius 1 is 1.18 bits per heavy atom. The van der Waals surface area contributed by atoms with Gasteiger partial charge in [-0.25, -0.2) is 0 Å². The van der Waals surface area contributed by atoms with Crippen molar-refractivity contribution in [3.8, 4) is 0 Å². The van der Waals surface area contributed by atoms with Crippen molar-refractivity contribution in [2.24, 2.45) is 5.73 Å². The maximum atomic E-state index is 11.2. The molecule has 0 radical (unpaired) electrons. The van der Waals surface area contributed by atoms with E-state index in [2.05, 4.69) is 9.97 Å². The van der Waals surface area contributed by atoms with Crippen LogP contribution in [0, 0.1) is 0 Å². The average molecular weight is 229 g/mol. The average Bonchev–Trinajstić information content (AvgIpc) is 2.39. The number of carbonyl (C=O) groups excluding carboxylic acids is 1. The first-order valence-electron chi connectivity index (χ1n) is 5.02. The quantitative estimate of drug-likeness (QED) is 0.809. The summed E-state index contributed by atoms with van der Waals surface area (Å²) in [6, 6.07) is 4.93. The van der Waals surface area contributed by atoms with E-state index in [1.54, 1.807) is 30.6 Å². The van der Waals surface area contributed by atoms with Crippen molar-refractivity contribution in [1.82, 2.24) is 9.97 Å². The molecule has 0 aliphatic carbocycles. The standard InChI is InChI=1S/C12H11N3O2/c13-12(17)10-7-15-6-3-9(10)11(16)8-1-4-14-5-2-8/h1-7,11,16H,(H2,13,17). The fourth-order valence-electron chi connectivity index (χ4n) is 1.57. The molecule has 2 heterocycles. The zero-order valence-corrected chi connectivity index (χ0v) is 8.95. The van der Waals surface area contributed by atoms with Gasteiger partial charge >= 0.3 is 0 Å². The van der Waals surface area contributed by atoms with Gasteiger partial charge in [0, 0.05) is 30.4 Å². The van der Waals surface area contributed by atoms with Gasteiger partial charge in [-0.05, 0) is 23.8 Å². The number of aliphatic hydroxyl groups excluding tert-OH is 1. The van der Waals surface area contributed by atoms with Crippen molar-refractivity contribution in [1.29, 1.82) is 0 Å². The van der Waals surface area contributed by atoms with Crippen LogP contribution < -0.4 is 5.73 Å². The lowest BCUT2D eigenvalue weighted by Crippen LogP contribution is -2.16. The number of hydrogen-bond donors (Lipinski definition) is 2. The molecule has 0 saturated heterocycles. The van der Waals surface area contributed by atoms with E-state index in [9.17, 15) is 9.90 Å². The zero-order valence-electron chi connectivity index (χ0n) is 8.95. The molecule has 1 atom stereocenters. The molecule has 0 saturated carbocycles. The van der Waals surface area contributed by atoms with E-state index in [4.69, 9.17) is 5.73 Å². The number of carbonyl (C=O) groups is 1. The second kappa shape index (κ2) is 4.71. The topological polar surface area (TPSA) is 89.1 Å². The van der Waals surface area contributed by atoms with Gasteiger partial charge in [0.05, 0.1) is 5.56 Å². The lowest BCUT2D eigenvalue weighted by atomic mass is 9.99. The predicted octanol–water partition coefficient (Wildman–Crippen LogP) is 0.657. The maximum absolute atomic E-state index is 11.2. The van der Waals surface area contributed by atoms with Crippen molar-refractivity contribution in [2.75, 3.05) is 0 Å². The summed E-state index contributed by atoms with van der Waals surface area (Å²) in [4.78, 5) is 18.9. The third-order valence-electron chi connectivity index (χ3n) is 2.44. The Morgan fingerprint density at radius 3 is 2.47 bits per heavy atom. The molecule has 2 aromatic rings. The summed E-state index contributed by atoms with van der Waals surface area (Å²) in [6.07, 6.45) is 5.09. The minimum atomic E-state index is -0.913. The van der Waals surface area contributed by atoms with Crippen molar-refractivity contribution in [3.63, 3.8) is 0 Å². The smallest absolute Gasteiger partial charge is 0.250 e. The van der Waals surface area contributed by atoms with Crippen LogP contribution in [-0.2, 0) is 0 Å². The molecule has 1 unspecified atom stereocenters. The number of aromatic nitrogens is 2. The Kier molecular flexibility index (Phi) is 3.11. The van der Waals surface area contributed by atoms with E-state index in [1.807, 2.05) is 0 Å². The number of pyridine rings is 2. The van der Waals surface area contributed by atoms with Crippen LogP contribution in [0.2, 0.25) is 0 Å². The van der Waals surface area contributed by atoms with Gasteiger partial charge in [-0.3, -0.25) is 14.8 Å². The second-order valence-electron chi connectivity index (χ2n) is 3.51. The van der Waals surface area contributed by atoms with Crippen LogP contribution in [-0.4, -0.2) is 21.0 Å². The summed E-state index contributed by atoms with van der Waals surface area (Å²) < 4.78 is 0. The summed E-state index contributed by atoms with van der Waals surface area (Å²) in [5.41, 5.74) is 6.54. The SMILES string of the molecule is NC(=O)c1cnccc1C(O)c1ccncc1. The van der Waals surface area contributed by atoms with Crippen LogP contribution in [0.5, 0.6) is 0 Å². The van der Waals surface area contributed by atoms with E-state index in [1.165, 1.54) is 12.4 Å². The fourth-order valence-corrected chi connectivity index (χ4v) is 1.57. The Bertz CT molecular complexity index is 528. The third-order valence-corrected chi connectivity index (χ3v) is 2.44. The largest absolute Gasteiger partial charge is 0.384 e. The van der Waals surface area contributed by atoms with Gasteiger partial charge in [0.25, 0.3) is 5.91 Å². The zero-order chi connectivity index (χ0) is 12.3. The highest BCUT2D eigenvalue weighted by Gasteiger charge is 2.17. The number of nitrogens with zero attached hydrogens (tertiary/aromatic N) is 2. The van der Waals surface area contributed by atoms with Crippen molar-refractivity contribution >= 4 is 5.91 Å².